The molecule has 0 bridgehead atoms. The number of H-pyrrole nitrogens is 1. The van der Waals surface area contributed by atoms with Crippen molar-refractivity contribution in [1.82, 2.24) is 25.6 Å². The number of fused-ring (bicyclic) bond motifs is 1. The molecule has 1 aromatic carbocycles. The Morgan fingerprint density at radius 2 is 1.91 bits per heavy atom. The van der Waals surface area contributed by atoms with Gasteiger partial charge in [0.15, 0.2) is 0 Å². The number of hydrogen-bond acceptors (Lipinski definition) is 4. The fourth-order valence-electron chi connectivity index (χ4n) is 4.22. The van der Waals surface area contributed by atoms with Crippen molar-refractivity contribution < 1.29 is 4.79 Å². The largest absolute Gasteiger partial charge is 0.361 e. The van der Waals surface area contributed by atoms with E-state index < -0.39 is 0 Å². The number of anilines is 1. The van der Waals surface area contributed by atoms with Gasteiger partial charge in [0.1, 0.15) is 0 Å². The number of guanidine groups is 1. The van der Waals surface area contributed by atoms with Crippen molar-refractivity contribution in [3.05, 3.63) is 52.4 Å². The predicted octanol–water partition coefficient (Wildman–Crippen LogP) is 4.87. The number of nitrogens with zero attached hydrogens (tertiary/aromatic N) is 3. The van der Waals surface area contributed by atoms with Gasteiger partial charge in [-0.15, -0.1) is 0 Å². The first kappa shape index (κ1) is 23.0. The van der Waals surface area contributed by atoms with Gasteiger partial charge in [-0.25, -0.2) is 14.8 Å². The highest BCUT2D eigenvalue weighted by atomic mass is 35.5. The average molecular weight is 468 g/mol. The minimum Gasteiger partial charge on any atom is -0.361 e. The van der Waals surface area contributed by atoms with Crippen LogP contribution in [0.15, 0.2) is 35.5 Å². The molecule has 0 aliphatic heterocycles. The Labute approximate surface area is 198 Å². The van der Waals surface area contributed by atoms with E-state index >= 15 is 0 Å². The number of aliphatic imine (C=N–C) groups is 1. The van der Waals surface area contributed by atoms with Crippen molar-refractivity contribution >= 4 is 40.4 Å². The molecule has 33 heavy (non-hydrogen) atoms. The van der Waals surface area contributed by atoms with Crippen LogP contribution in [0, 0.1) is 13.8 Å². The third-order valence-electron chi connectivity index (χ3n) is 5.77. The van der Waals surface area contributed by atoms with Crippen molar-refractivity contribution in [2.45, 2.75) is 58.4 Å². The molecule has 0 radical (unpaired) electrons. The fraction of sp³-hybridized carbons (Fsp3) is 0.417. The van der Waals surface area contributed by atoms with Crippen molar-refractivity contribution in [1.29, 1.82) is 0 Å². The van der Waals surface area contributed by atoms with E-state index in [2.05, 4.69) is 35.9 Å². The quantitative estimate of drug-likeness (QED) is 0.317. The van der Waals surface area contributed by atoms with Crippen molar-refractivity contribution in [2.75, 3.05) is 11.9 Å². The normalized spacial score (nSPS) is 14.9. The number of nitrogens with one attached hydrogen (secondary N) is 4. The number of urea groups is 1. The SMILES string of the molecule is Cc1cc(C)nc(NC(=NCCc2c[nH]c3ccc(Cl)cc23)NC(=O)NC2CCCCC2)n1. The number of rotatable bonds is 5. The first-order valence-corrected chi connectivity index (χ1v) is 11.8. The van der Waals surface area contributed by atoms with E-state index in [4.69, 9.17) is 11.6 Å². The van der Waals surface area contributed by atoms with Crippen LogP contribution < -0.4 is 16.0 Å². The Morgan fingerprint density at radius 1 is 1.15 bits per heavy atom. The Kier molecular flexibility index (Phi) is 7.44. The van der Waals surface area contributed by atoms with Crippen LogP contribution in [0.5, 0.6) is 0 Å². The zero-order valence-corrected chi connectivity index (χ0v) is 19.8. The molecule has 1 aliphatic rings. The van der Waals surface area contributed by atoms with Crippen LogP contribution in [0.25, 0.3) is 10.9 Å². The second-order valence-corrected chi connectivity index (χ2v) is 8.95. The van der Waals surface area contributed by atoms with Gasteiger partial charge in [-0.3, -0.25) is 15.6 Å². The number of aromatic amines is 1. The lowest BCUT2D eigenvalue weighted by molar-refractivity contribution is 0.237. The fourth-order valence-corrected chi connectivity index (χ4v) is 4.39. The molecular weight excluding hydrogens is 438 g/mol. The van der Waals surface area contributed by atoms with E-state index in [1.165, 1.54) is 6.42 Å². The van der Waals surface area contributed by atoms with Crippen LogP contribution in [0.2, 0.25) is 5.02 Å². The van der Waals surface area contributed by atoms with Gasteiger partial charge in [-0.2, -0.15) is 0 Å². The molecule has 4 N–H and O–H groups in total. The average Bonchev–Trinajstić information content (AvgIpc) is 3.15. The molecular formula is C24H30ClN7O. The molecule has 1 aliphatic carbocycles. The summed E-state index contributed by atoms with van der Waals surface area (Å²) >= 11 is 6.17. The highest BCUT2D eigenvalue weighted by molar-refractivity contribution is 6.31. The molecule has 1 saturated carbocycles. The van der Waals surface area contributed by atoms with Crippen molar-refractivity contribution in [3.8, 4) is 0 Å². The molecule has 9 heteroatoms. The van der Waals surface area contributed by atoms with Crippen LogP contribution in [-0.4, -0.2) is 39.5 Å². The van der Waals surface area contributed by atoms with Gasteiger partial charge in [0.05, 0.1) is 0 Å². The topological polar surface area (TPSA) is 107 Å². The predicted molar refractivity (Wildman–Crippen MR) is 133 cm³/mol. The van der Waals surface area contributed by atoms with E-state index in [1.54, 1.807) is 0 Å². The first-order valence-electron chi connectivity index (χ1n) is 11.4. The number of amides is 2. The molecule has 0 atom stereocenters. The molecule has 174 valence electrons. The maximum Gasteiger partial charge on any atom is 0.321 e. The highest BCUT2D eigenvalue weighted by Gasteiger charge is 2.17. The molecule has 0 saturated heterocycles. The standard InChI is InChI=1S/C24H30ClN7O/c1-15-12-16(2)29-23(28-15)31-22(32-24(33)30-19-6-4-3-5-7-19)26-11-10-17-14-27-21-9-8-18(25)13-20(17)21/h8-9,12-14,19,27H,3-7,10-11H2,1-2H3,(H3,26,28,29,30,31,32,33). The molecule has 0 unspecified atom stereocenters. The van der Waals surface area contributed by atoms with Gasteiger partial charge >= 0.3 is 6.03 Å². The summed E-state index contributed by atoms with van der Waals surface area (Å²) in [5, 5.41) is 10.8. The van der Waals surface area contributed by atoms with Gasteiger partial charge in [-0.1, -0.05) is 30.9 Å². The number of carbonyl (C=O) groups excluding carboxylic acids is 1. The Bertz CT molecular complexity index is 1130. The van der Waals surface area contributed by atoms with Gasteiger partial charge in [-0.05, 0) is 62.9 Å². The first-order chi connectivity index (χ1) is 16.0. The van der Waals surface area contributed by atoms with Crippen molar-refractivity contribution in [3.63, 3.8) is 0 Å². The lowest BCUT2D eigenvalue weighted by Crippen LogP contribution is -2.47. The van der Waals surface area contributed by atoms with E-state index in [1.807, 2.05) is 44.3 Å². The maximum atomic E-state index is 12.6. The van der Waals surface area contributed by atoms with Crippen LogP contribution in [0.1, 0.15) is 49.1 Å². The number of halogens is 1. The Hall–Kier alpha value is -3.13. The van der Waals surface area contributed by atoms with Gasteiger partial charge < -0.3 is 10.3 Å². The molecule has 4 rings (SSSR count). The van der Waals surface area contributed by atoms with Crippen LogP contribution in [-0.2, 0) is 6.42 Å². The monoisotopic (exact) mass is 467 g/mol. The number of carbonyl (C=O) groups is 1. The smallest absolute Gasteiger partial charge is 0.321 e. The highest BCUT2D eigenvalue weighted by Crippen LogP contribution is 2.22. The lowest BCUT2D eigenvalue weighted by Gasteiger charge is -2.23. The molecule has 0 spiro atoms. The summed E-state index contributed by atoms with van der Waals surface area (Å²) in [6, 6.07) is 7.61. The summed E-state index contributed by atoms with van der Waals surface area (Å²) in [6.45, 7) is 4.28. The summed E-state index contributed by atoms with van der Waals surface area (Å²) in [6.07, 6.45) is 8.21. The Balaban J connectivity index is 1.47. The van der Waals surface area contributed by atoms with Crippen LogP contribution >= 0.6 is 11.6 Å². The second-order valence-electron chi connectivity index (χ2n) is 8.52. The second kappa shape index (κ2) is 10.7. The summed E-state index contributed by atoms with van der Waals surface area (Å²) in [5.41, 5.74) is 3.83. The van der Waals surface area contributed by atoms with Gasteiger partial charge in [0.25, 0.3) is 0 Å². The maximum absolute atomic E-state index is 12.6. The molecule has 2 amide bonds. The number of aromatic nitrogens is 3. The lowest BCUT2D eigenvalue weighted by atomic mass is 9.96. The summed E-state index contributed by atoms with van der Waals surface area (Å²) in [7, 11) is 0. The summed E-state index contributed by atoms with van der Waals surface area (Å²) in [5.74, 6) is 0.731. The van der Waals surface area contributed by atoms with Gasteiger partial charge in [0.2, 0.25) is 11.9 Å². The molecule has 2 heterocycles. The number of benzene rings is 1. The summed E-state index contributed by atoms with van der Waals surface area (Å²) < 4.78 is 0. The zero-order chi connectivity index (χ0) is 23.2. The molecule has 1 fully saturated rings. The third-order valence-corrected chi connectivity index (χ3v) is 6.00. The number of hydrogen-bond donors (Lipinski definition) is 4. The van der Waals surface area contributed by atoms with Gasteiger partial charge in [0, 0.05) is 46.1 Å². The van der Waals surface area contributed by atoms with Crippen molar-refractivity contribution in [2.24, 2.45) is 4.99 Å². The summed E-state index contributed by atoms with van der Waals surface area (Å²) in [4.78, 5) is 29.4. The minimum absolute atomic E-state index is 0.202. The minimum atomic E-state index is -0.267. The molecule has 8 nitrogen and oxygen atoms in total. The Morgan fingerprint density at radius 3 is 2.67 bits per heavy atom. The molecule has 3 aromatic rings. The van der Waals surface area contributed by atoms with E-state index in [9.17, 15) is 4.79 Å². The van der Waals surface area contributed by atoms with Crippen LogP contribution in [0.3, 0.4) is 0 Å². The van der Waals surface area contributed by atoms with Crippen LogP contribution in [0.4, 0.5) is 10.7 Å². The molecule has 2 aromatic heterocycles. The van der Waals surface area contributed by atoms with E-state index in [0.29, 0.717) is 29.9 Å². The third kappa shape index (κ3) is 6.44. The zero-order valence-electron chi connectivity index (χ0n) is 19.0. The van der Waals surface area contributed by atoms with E-state index in [-0.39, 0.29) is 12.1 Å². The van der Waals surface area contributed by atoms with E-state index in [0.717, 1.165) is 53.5 Å². The number of aryl methyl sites for hydroxylation is 2.